The van der Waals surface area contributed by atoms with Gasteiger partial charge < -0.3 is 27.1 Å². The smallest absolute Gasteiger partial charge is 0.312 e. The minimum absolute atomic E-state index is 0.439. The molecule has 0 aliphatic rings. The van der Waals surface area contributed by atoms with Crippen LogP contribution in [-0.2, 0) is 0 Å². The van der Waals surface area contributed by atoms with Gasteiger partial charge in [0.25, 0.3) is 0 Å². The number of nitrogens with one attached hydrogen (secondary N) is 3. The van der Waals surface area contributed by atoms with Gasteiger partial charge in [-0.3, -0.25) is 0 Å². The van der Waals surface area contributed by atoms with Gasteiger partial charge >= 0.3 is 6.03 Å². The molecule has 17 heavy (non-hydrogen) atoms. The lowest BCUT2D eigenvalue weighted by Crippen LogP contribution is -2.33. The number of H-pyrrole nitrogens is 1. The molecule has 0 aliphatic heterocycles. The number of nitrogens with two attached hydrogens (primary N) is 2. The van der Waals surface area contributed by atoms with Crippen LogP contribution in [0.2, 0.25) is 0 Å². The summed E-state index contributed by atoms with van der Waals surface area (Å²) in [6.45, 7) is 0.979. The molecule has 0 bridgehead atoms. The van der Waals surface area contributed by atoms with Crippen LogP contribution in [0.3, 0.4) is 0 Å². The fourth-order valence-electron chi connectivity index (χ4n) is 1.48. The molecule has 2 amide bonds. The Morgan fingerprint density at radius 1 is 1.41 bits per heavy atom. The number of carbonyl (C=O) groups is 1. The molecule has 1 heterocycles. The number of primary amides is 1. The van der Waals surface area contributed by atoms with Crippen molar-refractivity contribution in [2.24, 2.45) is 5.73 Å². The predicted molar refractivity (Wildman–Crippen MR) is 66.6 cm³/mol. The number of anilines is 2. The van der Waals surface area contributed by atoms with Crippen LogP contribution >= 0.6 is 0 Å². The quantitative estimate of drug-likeness (QED) is 0.384. The highest BCUT2D eigenvalue weighted by Crippen LogP contribution is 2.16. The number of aromatic amines is 1. The number of hydrogen-bond donors (Lipinski definition) is 5. The van der Waals surface area contributed by atoms with Crippen molar-refractivity contribution in [3.8, 4) is 0 Å². The Morgan fingerprint density at radius 2 is 2.24 bits per heavy atom. The Morgan fingerprint density at radius 3 is 3.00 bits per heavy atom. The summed E-state index contributed by atoms with van der Waals surface area (Å²) in [7, 11) is 0. The zero-order valence-electron chi connectivity index (χ0n) is 9.16. The molecule has 2 rings (SSSR count). The van der Waals surface area contributed by atoms with Crippen molar-refractivity contribution in [1.82, 2.24) is 15.3 Å². The first-order valence-electron chi connectivity index (χ1n) is 5.17. The van der Waals surface area contributed by atoms with E-state index in [0.717, 1.165) is 11.0 Å². The maximum atomic E-state index is 10.4. The number of nitrogen functional groups attached to an aromatic ring is 1. The van der Waals surface area contributed by atoms with E-state index in [0.29, 0.717) is 24.7 Å². The molecular weight excluding hydrogens is 220 g/mol. The predicted octanol–water partition coefficient (Wildman–Crippen LogP) is 0.225. The third-order valence-corrected chi connectivity index (χ3v) is 2.22. The van der Waals surface area contributed by atoms with Crippen LogP contribution in [0.5, 0.6) is 0 Å². The van der Waals surface area contributed by atoms with Gasteiger partial charge in [-0.05, 0) is 18.2 Å². The summed E-state index contributed by atoms with van der Waals surface area (Å²) in [5, 5.41) is 5.50. The minimum Gasteiger partial charge on any atom is -0.399 e. The van der Waals surface area contributed by atoms with Crippen molar-refractivity contribution in [2.75, 3.05) is 24.1 Å². The van der Waals surface area contributed by atoms with Gasteiger partial charge in [-0.2, -0.15) is 0 Å². The zero-order valence-corrected chi connectivity index (χ0v) is 9.16. The van der Waals surface area contributed by atoms with Gasteiger partial charge in [0.15, 0.2) is 0 Å². The fourth-order valence-corrected chi connectivity index (χ4v) is 1.48. The number of amides is 2. The Balaban J connectivity index is 1.97. The molecule has 0 atom stereocenters. The number of benzene rings is 1. The van der Waals surface area contributed by atoms with Crippen LogP contribution in [0, 0.1) is 0 Å². The second-order valence-corrected chi connectivity index (χ2v) is 3.58. The molecule has 0 unspecified atom stereocenters. The molecular formula is C10H14N6O. The molecule has 2 aromatic rings. The molecule has 1 aromatic carbocycles. The van der Waals surface area contributed by atoms with Crippen molar-refractivity contribution in [2.45, 2.75) is 0 Å². The molecule has 0 fully saturated rings. The number of carbonyl (C=O) groups excluding carboxylic acids is 1. The Labute approximate surface area is 97.6 Å². The third kappa shape index (κ3) is 2.77. The van der Waals surface area contributed by atoms with Crippen molar-refractivity contribution in [3.63, 3.8) is 0 Å². The fraction of sp³-hybridized carbons (Fsp3) is 0.200. The Hall–Kier alpha value is -2.44. The summed E-state index contributed by atoms with van der Waals surface area (Å²) >= 11 is 0. The molecule has 0 saturated carbocycles. The molecule has 90 valence electrons. The van der Waals surface area contributed by atoms with E-state index < -0.39 is 6.03 Å². The average molecular weight is 234 g/mol. The molecule has 0 radical (unpaired) electrons. The van der Waals surface area contributed by atoms with E-state index in [1.807, 2.05) is 12.1 Å². The lowest BCUT2D eigenvalue weighted by Gasteiger charge is -2.02. The van der Waals surface area contributed by atoms with Crippen LogP contribution in [0.1, 0.15) is 0 Å². The number of urea groups is 1. The summed E-state index contributed by atoms with van der Waals surface area (Å²) in [5.41, 5.74) is 13.0. The van der Waals surface area contributed by atoms with Gasteiger partial charge in [0.2, 0.25) is 5.95 Å². The monoisotopic (exact) mass is 234 g/mol. The van der Waals surface area contributed by atoms with Crippen molar-refractivity contribution in [1.29, 1.82) is 0 Å². The lowest BCUT2D eigenvalue weighted by molar-refractivity contribution is 0.249. The molecule has 0 spiro atoms. The van der Waals surface area contributed by atoms with Crippen molar-refractivity contribution in [3.05, 3.63) is 18.2 Å². The second kappa shape index (κ2) is 4.60. The first-order chi connectivity index (χ1) is 8.15. The largest absolute Gasteiger partial charge is 0.399 e. The van der Waals surface area contributed by atoms with Gasteiger partial charge in [0, 0.05) is 18.8 Å². The lowest BCUT2D eigenvalue weighted by atomic mass is 10.3. The number of hydrogen-bond acceptors (Lipinski definition) is 4. The first kappa shape index (κ1) is 11.1. The number of rotatable bonds is 4. The molecule has 0 aliphatic carbocycles. The van der Waals surface area contributed by atoms with Gasteiger partial charge in [0.05, 0.1) is 11.0 Å². The maximum Gasteiger partial charge on any atom is 0.312 e. The number of aromatic nitrogens is 2. The number of nitrogens with zero attached hydrogens (tertiary/aromatic N) is 1. The van der Waals surface area contributed by atoms with E-state index in [4.69, 9.17) is 11.5 Å². The normalized spacial score (nSPS) is 10.4. The first-order valence-corrected chi connectivity index (χ1v) is 5.17. The third-order valence-electron chi connectivity index (χ3n) is 2.22. The molecule has 7 N–H and O–H groups in total. The zero-order chi connectivity index (χ0) is 12.3. The van der Waals surface area contributed by atoms with Crippen LogP contribution in [0.25, 0.3) is 11.0 Å². The Bertz CT molecular complexity index is 535. The highest BCUT2D eigenvalue weighted by atomic mass is 16.2. The highest BCUT2D eigenvalue weighted by molar-refractivity contribution is 5.80. The number of imidazole rings is 1. The van der Waals surface area contributed by atoms with Crippen LogP contribution in [0.15, 0.2) is 18.2 Å². The van der Waals surface area contributed by atoms with Crippen molar-refractivity contribution < 1.29 is 4.79 Å². The maximum absolute atomic E-state index is 10.4. The van der Waals surface area contributed by atoms with Gasteiger partial charge in [-0.1, -0.05) is 0 Å². The summed E-state index contributed by atoms with van der Waals surface area (Å²) in [5.74, 6) is 0.636. The van der Waals surface area contributed by atoms with Crippen LogP contribution in [-0.4, -0.2) is 29.1 Å². The van der Waals surface area contributed by atoms with E-state index in [9.17, 15) is 4.79 Å². The van der Waals surface area contributed by atoms with E-state index in [1.54, 1.807) is 6.07 Å². The molecule has 1 aromatic heterocycles. The molecule has 0 saturated heterocycles. The standard InChI is InChI=1S/C10H14N6O/c11-6-1-2-7-8(5-6)16-10(15-7)14-4-3-13-9(12)17/h1-2,5H,3-4,11H2,(H3,12,13,17)(H2,14,15,16). The minimum atomic E-state index is -0.538. The topological polar surface area (TPSA) is 122 Å². The van der Waals surface area contributed by atoms with Gasteiger partial charge in [0.1, 0.15) is 0 Å². The molecule has 7 heteroatoms. The van der Waals surface area contributed by atoms with E-state index in [1.165, 1.54) is 0 Å². The summed E-state index contributed by atoms with van der Waals surface area (Å²) < 4.78 is 0. The van der Waals surface area contributed by atoms with Crippen molar-refractivity contribution >= 4 is 28.7 Å². The van der Waals surface area contributed by atoms with E-state index in [-0.39, 0.29) is 0 Å². The van der Waals surface area contributed by atoms with E-state index >= 15 is 0 Å². The number of fused-ring (bicyclic) bond motifs is 1. The van der Waals surface area contributed by atoms with Gasteiger partial charge in [-0.25, -0.2) is 9.78 Å². The summed E-state index contributed by atoms with van der Waals surface area (Å²) in [6, 6.07) is 4.91. The second-order valence-electron chi connectivity index (χ2n) is 3.58. The van der Waals surface area contributed by atoms with Crippen LogP contribution in [0.4, 0.5) is 16.4 Å². The van der Waals surface area contributed by atoms with Gasteiger partial charge in [-0.15, -0.1) is 0 Å². The average Bonchev–Trinajstić information content (AvgIpc) is 2.66. The summed E-state index contributed by atoms with van der Waals surface area (Å²) in [6.07, 6.45) is 0. The van der Waals surface area contributed by atoms with Crippen LogP contribution < -0.4 is 22.1 Å². The highest BCUT2D eigenvalue weighted by Gasteiger charge is 2.01. The molecule has 7 nitrogen and oxygen atoms in total. The SMILES string of the molecule is NC(=O)NCCNc1nc2ccc(N)cc2[nH]1. The van der Waals surface area contributed by atoms with E-state index in [2.05, 4.69) is 20.6 Å². The summed E-state index contributed by atoms with van der Waals surface area (Å²) in [4.78, 5) is 17.8. The Kier molecular flexibility index (Phi) is 2.99.